The molecular weight excluding hydrogens is 337 g/mol. The lowest BCUT2D eigenvalue weighted by molar-refractivity contribution is -0.134. The summed E-state index contributed by atoms with van der Waals surface area (Å²) in [6.07, 6.45) is 3.26. The monoisotopic (exact) mass is 353 g/mol. The second kappa shape index (κ2) is 7.56. The molecule has 0 aliphatic carbocycles. The number of nitrogens with zero attached hydrogens (tertiary/aromatic N) is 3. The van der Waals surface area contributed by atoms with Gasteiger partial charge < -0.3 is 15.7 Å². The molecule has 0 aliphatic rings. The summed E-state index contributed by atoms with van der Waals surface area (Å²) in [7, 11) is 0. The molecule has 132 valence electrons. The van der Waals surface area contributed by atoms with Gasteiger partial charge in [-0.25, -0.2) is 9.37 Å². The average Bonchev–Trinajstić information content (AvgIpc) is 2.64. The molecule has 1 aromatic carbocycles. The van der Waals surface area contributed by atoms with Crippen LogP contribution in [-0.4, -0.2) is 32.6 Å². The van der Waals surface area contributed by atoms with Crippen molar-refractivity contribution in [1.29, 1.82) is 0 Å². The van der Waals surface area contributed by atoms with Crippen molar-refractivity contribution >= 4 is 23.4 Å². The minimum Gasteiger partial charge on any atom is -0.480 e. The maximum atomic E-state index is 13.8. The van der Waals surface area contributed by atoms with Gasteiger partial charge in [0, 0.05) is 35.3 Å². The minimum atomic E-state index is -1.03. The van der Waals surface area contributed by atoms with Gasteiger partial charge in [-0.2, -0.15) is 4.98 Å². The van der Waals surface area contributed by atoms with Crippen molar-refractivity contribution in [2.24, 2.45) is 0 Å². The predicted octanol–water partition coefficient (Wildman–Crippen LogP) is 3.23. The molecule has 0 radical (unpaired) electrons. The first-order valence-electron chi connectivity index (χ1n) is 7.80. The summed E-state index contributed by atoms with van der Waals surface area (Å²) >= 11 is 0. The molecule has 0 aliphatic heterocycles. The lowest BCUT2D eigenvalue weighted by Gasteiger charge is -2.12. The zero-order valence-electron chi connectivity index (χ0n) is 13.9. The Hall–Kier alpha value is -3.55. The number of carboxylic acids is 1. The molecule has 0 unspecified atom stereocenters. The van der Waals surface area contributed by atoms with E-state index in [1.807, 2.05) is 0 Å². The Labute approximate surface area is 149 Å². The molecule has 0 atom stereocenters. The van der Waals surface area contributed by atoms with Gasteiger partial charge in [0.1, 0.15) is 18.2 Å². The van der Waals surface area contributed by atoms with Crippen LogP contribution in [0.4, 0.5) is 21.8 Å². The first-order valence-corrected chi connectivity index (χ1v) is 7.80. The van der Waals surface area contributed by atoms with Gasteiger partial charge in [-0.15, -0.1) is 0 Å². The molecule has 2 aromatic heterocycles. The van der Waals surface area contributed by atoms with Crippen molar-refractivity contribution in [2.45, 2.75) is 6.92 Å². The van der Waals surface area contributed by atoms with Crippen LogP contribution in [-0.2, 0) is 4.79 Å². The molecule has 0 saturated carbocycles. The number of aliphatic carboxylic acids is 1. The number of rotatable bonds is 6. The molecule has 3 aromatic rings. The number of hydrogen-bond donors (Lipinski definition) is 3. The molecule has 0 saturated heterocycles. The van der Waals surface area contributed by atoms with Crippen LogP contribution in [0.1, 0.15) is 5.56 Å². The molecule has 0 fully saturated rings. The van der Waals surface area contributed by atoms with E-state index in [9.17, 15) is 9.18 Å². The summed E-state index contributed by atoms with van der Waals surface area (Å²) in [4.78, 5) is 23.4. The highest BCUT2D eigenvalue weighted by Crippen LogP contribution is 2.25. The van der Waals surface area contributed by atoms with Crippen molar-refractivity contribution in [2.75, 3.05) is 17.2 Å². The third-order valence-electron chi connectivity index (χ3n) is 3.63. The largest absolute Gasteiger partial charge is 0.480 e. The zero-order valence-corrected chi connectivity index (χ0v) is 13.9. The highest BCUT2D eigenvalue weighted by atomic mass is 19.1. The summed E-state index contributed by atoms with van der Waals surface area (Å²) in [6.45, 7) is 1.34. The van der Waals surface area contributed by atoms with Crippen LogP contribution in [0.2, 0.25) is 0 Å². The molecule has 3 N–H and O–H groups in total. The van der Waals surface area contributed by atoms with E-state index in [0.717, 1.165) is 5.56 Å². The normalized spacial score (nSPS) is 10.4. The number of halogens is 1. The predicted molar refractivity (Wildman–Crippen MR) is 95.8 cm³/mol. The van der Waals surface area contributed by atoms with E-state index in [4.69, 9.17) is 5.11 Å². The Morgan fingerprint density at radius 1 is 1.19 bits per heavy atom. The van der Waals surface area contributed by atoms with Gasteiger partial charge in [0.15, 0.2) is 0 Å². The van der Waals surface area contributed by atoms with Crippen molar-refractivity contribution in [3.8, 4) is 11.3 Å². The van der Waals surface area contributed by atoms with E-state index in [-0.39, 0.29) is 18.3 Å². The number of nitrogens with one attached hydrogen (secondary N) is 2. The van der Waals surface area contributed by atoms with Crippen LogP contribution in [0.5, 0.6) is 0 Å². The maximum absolute atomic E-state index is 13.8. The first-order chi connectivity index (χ1) is 12.5. The summed E-state index contributed by atoms with van der Waals surface area (Å²) in [6, 6.07) is 9.96. The summed E-state index contributed by atoms with van der Waals surface area (Å²) in [5.74, 6) is -0.798. The van der Waals surface area contributed by atoms with E-state index in [0.29, 0.717) is 22.8 Å². The fraction of sp³-hybridized carbons (Fsp3) is 0.111. The maximum Gasteiger partial charge on any atom is 0.322 e. The van der Waals surface area contributed by atoms with Gasteiger partial charge in [0.05, 0.1) is 5.69 Å². The lowest BCUT2D eigenvalue weighted by atomic mass is 10.1. The SMILES string of the molecule is Cc1c(F)cccc1Nc1cc(-c2ccncc2)nc(NCC(=O)O)n1. The molecule has 2 heterocycles. The number of aromatic nitrogens is 3. The van der Waals surface area contributed by atoms with Gasteiger partial charge in [0.25, 0.3) is 0 Å². The van der Waals surface area contributed by atoms with Gasteiger partial charge in [-0.3, -0.25) is 9.78 Å². The molecule has 26 heavy (non-hydrogen) atoms. The van der Waals surface area contributed by atoms with Crippen molar-refractivity contribution in [3.05, 3.63) is 60.2 Å². The minimum absolute atomic E-state index is 0.151. The van der Waals surface area contributed by atoms with Gasteiger partial charge in [0.2, 0.25) is 5.95 Å². The highest BCUT2D eigenvalue weighted by molar-refractivity contribution is 5.73. The van der Waals surface area contributed by atoms with E-state index in [1.54, 1.807) is 49.6 Å². The van der Waals surface area contributed by atoms with Crippen LogP contribution < -0.4 is 10.6 Å². The third kappa shape index (κ3) is 4.10. The standard InChI is InChI=1S/C18H16FN5O2/c1-11-13(19)3-2-4-14(11)22-16-9-15(12-5-7-20-8-6-12)23-18(24-16)21-10-17(25)26/h2-9H,10H2,1H3,(H,25,26)(H2,21,22,23,24). The number of carboxylic acid groups (broad SMARTS) is 1. The number of benzene rings is 1. The second-order valence-corrected chi connectivity index (χ2v) is 5.48. The van der Waals surface area contributed by atoms with E-state index in [2.05, 4.69) is 25.6 Å². The zero-order chi connectivity index (χ0) is 18.5. The smallest absolute Gasteiger partial charge is 0.322 e. The van der Waals surface area contributed by atoms with Crippen molar-refractivity contribution in [3.63, 3.8) is 0 Å². The number of hydrogen-bond acceptors (Lipinski definition) is 6. The molecule has 7 nitrogen and oxygen atoms in total. The molecule has 0 bridgehead atoms. The summed E-state index contributed by atoms with van der Waals surface area (Å²) < 4.78 is 13.8. The second-order valence-electron chi connectivity index (χ2n) is 5.48. The Bertz CT molecular complexity index is 934. The summed E-state index contributed by atoms with van der Waals surface area (Å²) in [5.41, 5.74) is 2.39. The number of anilines is 3. The Balaban J connectivity index is 1.99. The van der Waals surface area contributed by atoms with Crippen LogP contribution in [0, 0.1) is 12.7 Å². The van der Waals surface area contributed by atoms with Gasteiger partial charge in [-0.1, -0.05) is 6.07 Å². The van der Waals surface area contributed by atoms with Crippen molar-refractivity contribution < 1.29 is 14.3 Å². The first kappa shape index (κ1) is 17.3. The number of pyridine rings is 1. The lowest BCUT2D eigenvalue weighted by Crippen LogP contribution is -2.15. The molecular formula is C18H16FN5O2. The summed E-state index contributed by atoms with van der Waals surface area (Å²) in [5, 5.41) is 14.6. The van der Waals surface area contributed by atoms with Crippen LogP contribution in [0.25, 0.3) is 11.3 Å². The van der Waals surface area contributed by atoms with Crippen LogP contribution in [0.15, 0.2) is 48.8 Å². The molecule has 8 heteroatoms. The number of carbonyl (C=O) groups is 1. The highest BCUT2D eigenvalue weighted by Gasteiger charge is 2.10. The van der Waals surface area contributed by atoms with E-state index >= 15 is 0 Å². The fourth-order valence-corrected chi connectivity index (χ4v) is 2.30. The fourth-order valence-electron chi connectivity index (χ4n) is 2.30. The average molecular weight is 353 g/mol. The Morgan fingerprint density at radius 2 is 1.96 bits per heavy atom. The topological polar surface area (TPSA) is 100 Å². The van der Waals surface area contributed by atoms with Crippen molar-refractivity contribution in [1.82, 2.24) is 15.0 Å². The molecule has 3 rings (SSSR count). The Morgan fingerprint density at radius 3 is 2.69 bits per heavy atom. The van der Waals surface area contributed by atoms with Crippen LogP contribution in [0.3, 0.4) is 0 Å². The Kier molecular flexibility index (Phi) is 5.02. The molecule has 0 amide bonds. The van der Waals surface area contributed by atoms with Crippen LogP contribution >= 0.6 is 0 Å². The van der Waals surface area contributed by atoms with Gasteiger partial charge >= 0.3 is 5.97 Å². The molecule has 0 spiro atoms. The van der Waals surface area contributed by atoms with E-state index < -0.39 is 5.97 Å². The van der Waals surface area contributed by atoms with Gasteiger partial charge in [-0.05, 0) is 31.2 Å². The van der Waals surface area contributed by atoms with E-state index in [1.165, 1.54) is 6.07 Å². The quantitative estimate of drug-likeness (QED) is 0.625. The third-order valence-corrected chi connectivity index (χ3v) is 3.63.